The van der Waals surface area contributed by atoms with Crippen molar-refractivity contribution in [2.75, 3.05) is 12.4 Å². The van der Waals surface area contributed by atoms with Crippen molar-refractivity contribution in [3.63, 3.8) is 0 Å². The summed E-state index contributed by atoms with van der Waals surface area (Å²) in [5.41, 5.74) is 0.632. The van der Waals surface area contributed by atoms with Crippen molar-refractivity contribution in [1.82, 2.24) is 0 Å². The predicted octanol–water partition coefficient (Wildman–Crippen LogP) is 2.15. The molecule has 0 bridgehead atoms. The van der Waals surface area contributed by atoms with E-state index in [1.165, 1.54) is 0 Å². The molecule has 1 aromatic rings. The summed E-state index contributed by atoms with van der Waals surface area (Å²) in [6.45, 7) is 0. The van der Waals surface area contributed by atoms with Crippen molar-refractivity contribution in [3.8, 4) is 11.8 Å². The molecule has 0 aliphatic carbocycles. The molecule has 4 nitrogen and oxygen atoms in total. The molecule has 5 heteroatoms. The molecule has 1 N–H and O–H groups in total. The number of benzene rings is 1. The second-order valence-electron chi connectivity index (χ2n) is 2.73. The van der Waals surface area contributed by atoms with E-state index in [1.807, 2.05) is 6.07 Å². The number of ether oxygens (including phenoxy) is 1. The van der Waals surface area contributed by atoms with Gasteiger partial charge in [-0.3, -0.25) is 4.79 Å². The van der Waals surface area contributed by atoms with Gasteiger partial charge in [-0.1, -0.05) is 0 Å². The summed E-state index contributed by atoms with van der Waals surface area (Å²) in [4.78, 5) is 11.1. The van der Waals surface area contributed by atoms with Crippen LogP contribution in [0.1, 0.15) is 6.42 Å². The number of rotatable bonds is 3. The first-order chi connectivity index (χ1) is 7.17. The minimum atomic E-state index is -0.319. The molecule has 1 rings (SSSR count). The van der Waals surface area contributed by atoms with Crippen molar-refractivity contribution >= 4 is 34.2 Å². The van der Waals surface area contributed by atoms with Crippen LogP contribution >= 0.6 is 22.6 Å². The molecule has 0 atom stereocenters. The number of nitrogens with zero attached hydrogens (tertiary/aromatic N) is 1. The lowest BCUT2D eigenvalue weighted by Gasteiger charge is -2.07. The number of anilines is 1. The van der Waals surface area contributed by atoms with Crippen LogP contribution in [0.4, 0.5) is 5.69 Å². The van der Waals surface area contributed by atoms with Gasteiger partial charge in [0, 0.05) is 11.8 Å². The van der Waals surface area contributed by atoms with Gasteiger partial charge in [0.25, 0.3) is 0 Å². The van der Waals surface area contributed by atoms with E-state index in [0.717, 1.165) is 3.57 Å². The predicted molar refractivity (Wildman–Crippen MR) is 64.6 cm³/mol. The summed E-state index contributed by atoms with van der Waals surface area (Å²) in [6.07, 6.45) is -0.145. The molecular weight excluding hydrogens is 307 g/mol. The molecule has 1 amide bonds. The number of amides is 1. The molecule has 0 aromatic heterocycles. The minimum absolute atomic E-state index is 0.145. The van der Waals surface area contributed by atoms with Crippen LogP contribution in [0.2, 0.25) is 0 Å². The van der Waals surface area contributed by atoms with Gasteiger partial charge in [-0.05, 0) is 34.7 Å². The fourth-order valence-corrected chi connectivity index (χ4v) is 1.57. The van der Waals surface area contributed by atoms with Gasteiger partial charge in [0.15, 0.2) is 0 Å². The van der Waals surface area contributed by atoms with E-state index >= 15 is 0 Å². The van der Waals surface area contributed by atoms with Gasteiger partial charge in [-0.25, -0.2) is 0 Å². The molecular formula is C10H9IN2O2. The summed E-state index contributed by atoms with van der Waals surface area (Å²) in [6, 6.07) is 7.10. The Morgan fingerprint density at radius 3 is 3.00 bits per heavy atom. The molecule has 1 aromatic carbocycles. The van der Waals surface area contributed by atoms with Gasteiger partial charge in [0.2, 0.25) is 5.91 Å². The standard InChI is InChI=1S/C10H9IN2O2/c1-15-9-6-7(2-3-8(9)11)13-10(14)4-5-12/h2-3,6H,4H2,1H3,(H,13,14). The lowest BCUT2D eigenvalue weighted by molar-refractivity contribution is -0.115. The average Bonchev–Trinajstić information content (AvgIpc) is 2.21. The summed E-state index contributed by atoms with van der Waals surface area (Å²) in [7, 11) is 1.57. The van der Waals surface area contributed by atoms with Crippen LogP contribution < -0.4 is 10.1 Å². The highest BCUT2D eigenvalue weighted by molar-refractivity contribution is 14.1. The Morgan fingerprint density at radius 2 is 2.40 bits per heavy atom. The average molecular weight is 316 g/mol. The molecule has 0 aliphatic rings. The number of carbonyl (C=O) groups excluding carboxylic acids is 1. The zero-order valence-corrected chi connectivity index (χ0v) is 10.2. The summed E-state index contributed by atoms with van der Waals surface area (Å²) in [5, 5.41) is 10.9. The fraction of sp³-hybridized carbons (Fsp3) is 0.200. The molecule has 0 heterocycles. The topological polar surface area (TPSA) is 62.1 Å². The highest BCUT2D eigenvalue weighted by Gasteiger charge is 2.04. The number of carbonyl (C=O) groups is 1. The number of nitriles is 1. The maximum Gasteiger partial charge on any atom is 0.238 e. The SMILES string of the molecule is COc1cc(NC(=O)CC#N)ccc1I. The molecule has 0 aliphatic heterocycles. The number of hydrogen-bond acceptors (Lipinski definition) is 3. The molecule has 0 fully saturated rings. The largest absolute Gasteiger partial charge is 0.496 e. The van der Waals surface area contributed by atoms with Crippen LogP contribution in [0.15, 0.2) is 18.2 Å². The van der Waals surface area contributed by atoms with E-state index in [0.29, 0.717) is 11.4 Å². The summed E-state index contributed by atoms with van der Waals surface area (Å²) in [5.74, 6) is 0.381. The molecule has 0 saturated carbocycles. The van der Waals surface area contributed by atoms with E-state index in [1.54, 1.807) is 25.3 Å². The Bertz CT molecular complexity index is 412. The van der Waals surface area contributed by atoms with E-state index in [-0.39, 0.29) is 12.3 Å². The Balaban J connectivity index is 2.79. The molecule has 0 radical (unpaired) electrons. The van der Waals surface area contributed by atoms with Gasteiger partial charge in [0.1, 0.15) is 12.2 Å². The quantitative estimate of drug-likeness (QED) is 0.869. The third-order valence-electron chi connectivity index (χ3n) is 1.67. The van der Waals surface area contributed by atoms with Crippen molar-refractivity contribution in [1.29, 1.82) is 5.26 Å². The van der Waals surface area contributed by atoms with Crippen molar-refractivity contribution in [2.45, 2.75) is 6.42 Å². The summed E-state index contributed by atoms with van der Waals surface area (Å²) < 4.78 is 6.07. The summed E-state index contributed by atoms with van der Waals surface area (Å²) >= 11 is 2.14. The van der Waals surface area contributed by atoms with Gasteiger partial charge < -0.3 is 10.1 Å². The highest BCUT2D eigenvalue weighted by Crippen LogP contribution is 2.24. The van der Waals surface area contributed by atoms with Crippen LogP contribution in [0.25, 0.3) is 0 Å². The van der Waals surface area contributed by atoms with Crippen LogP contribution in [0.3, 0.4) is 0 Å². The second-order valence-corrected chi connectivity index (χ2v) is 3.89. The lowest BCUT2D eigenvalue weighted by Crippen LogP contribution is -2.10. The van der Waals surface area contributed by atoms with Gasteiger partial charge in [-0.2, -0.15) is 5.26 Å². The third kappa shape index (κ3) is 3.40. The zero-order valence-electron chi connectivity index (χ0n) is 8.08. The first-order valence-electron chi connectivity index (χ1n) is 4.17. The van der Waals surface area contributed by atoms with Crippen LogP contribution in [-0.4, -0.2) is 13.0 Å². The molecule has 15 heavy (non-hydrogen) atoms. The van der Waals surface area contributed by atoms with Gasteiger partial charge >= 0.3 is 0 Å². The molecule has 0 spiro atoms. The smallest absolute Gasteiger partial charge is 0.238 e. The monoisotopic (exact) mass is 316 g/mol. The number of hydrogen-bond donors (Lipinski definition) is 1. The molecule has 0 saturated heterocycles. The zero-order chi connectivity index (χ0) is 11.3. The maximum absolute atomic E-state index is 11.1. The normalized spacial score (nSPS) is 9.13. The van der Waals surface area contributed by atoms with E-state index in [9.17, 15) is 4.79 Å². The first-order valence-corrected chi connectivity index (χ1v) is 5.25. The number of nitrogens with one attached hydrogen (secondary N) is 1. The molecule has 0 unspecified atom stereocenters. The Hall–Kier alpha value is -1.29. The number of halogens is 1. The Kier molecular flexibility index (Phi) is 4.37. The Labute approximate surface area is 101 Å². The highest BCUT2D eigenvalue weighted by atomic mass is 127. The maximum atomic E-state index is 11.1. The fourth-order valence-electron chi connectivity index (χ4n) is 1.01. The van der Waals surface area contributed by atoms with Crippen LogP contribution in [0.5, 0.6) is 5.75 Å². The lowest BCUT2D eigenvalue weighted by atomic mass is 10.3. The second kappa shape index (κ2) is 5.56. The molecule has 78 valence electrons. The van der Waals surface area contributed by atoms with Crippen molar-refractivity contribution in [3.05, 3.63) is 21.8 Å². The van der Waals surface area contributed by atoms with Crippen molar-refractivity contribution in [2.24, 2.45) is 0 Å². The minimum Gasteiger partial charge on any atom is -0.496 e. The Morgan fingerprint density at radius 1 is 1.67 bits per heavy atom. The van der Waals surface area contributed by atoms with Crippen LogP contribution in [0, 0.1) is 14.9 Å². The van der Waals surface area contributed by atoms with Crippen LogP contribution in [-0.2, 0) is 4.79 Å². The first kappa shape index (κ1) is 11.8. The van der Waals surface area contributed by atoms with E-state index in [2.05, 4.69) is 27.9 Å². The van der Waals surface area contributed by atoms with Gasteiger partial charge in [-0.15, -0.1) is 0 Å². The van der Waals surface area contributed by atoms with Crippen molar-refractivity contribution < 1.29 is 9.53 Å². The van der Waals surface area contributed by atoms with E-state index in [4.69, 9.17) is 10.00 Å². The number of methoxy groups -OCH3 is 1. The van der Waals surface area contributed by atoms with Gasteiger partial charge in [0.05, 0.1) is 16.7 Å². The third-order valence-corrected chi connectivity index (χ3v) is 2.57. The van der Waals surface area contributed by atoms with E-state index < -0.39 is 0 Å².